The summed E-state index contributed by atoms with van der Waals surface area (Å²) < 4.78 is 5.40. The van der Waals surface area contributed by atoms with Gasteiger partial charge >= 0.3 is 0 Å². The third-order valence-corrected chi connectivity index (χ3v) is 5.73. The summed E-state index contributed by atoms with van der Waals surface area (Å²) in [5.74, 6) is 1.04. The number of ether oxygens (including phenoxy) is 1. The van der Waals surface area contributed by atoms with Gasteiger partial charge in [-0.15, -0.1) is 0 Å². The first kappa shape index (κ1) is 19.7. The van der Waals surface area contributed by atoms with E-state index in [-0.39, 0.29) is 11.9 Å². The van der Waals surface area contributed by atoms with Gasteiger partial charge in [0.25, 0.3) is 0 Å². The zero-order valence-electron chi connectivity index (χ0n) is 17.0. The van der Waals surface area contributed by atoms with Crippen molar-refractivity contribution in [2.75, 3.05) is 67.6 Å². The van der Waals surface area contributed by atoms with Crippen LogP contribution in [0.3, 0.4) is 0 Å². The molecule has 2 aromatic rings. The molecule has 1 aromatic carbocycles. The van der Waals surface area contributed by atoms with Crippen LogP contribution in [0.1, 0.15) is 6.92 Å². The fourth-order valence-electron chi connectivity index (χ4n) is 3.87. The van der Waals surface area contributed by atoms with Gasteiger partial charge in [0.05, 0.1) is 19.3 Å². The van der Waals surface area contributed by atoms with Crippen molar-refractivity contribution in [1.29, 1.82) is 0 Å². The van der Waals surface area contributed by atoms with Gasteiger partial charge in [0, 0.05) is 56.8 Å². The number of aromatic nitrogens is 1. The molecule has 1 aromatic heterocycles. The number of benzene rings is 1. The normalized spacial score (nSPS) is 19.1. The Hall–Kier alpha value is -2.64. The first-order chi connectivity index (χ1) is 14.2. The van der Waals surface area contributed by atoms with Crippen molar-refractivity contribution in [1.82, 2.24) is 9.88 Å². The molecule has 4 rings (SSSR count). The highest BCUT2D eigenvalue weighted by molar-refractivity contribution is 5.94. The molecular formula is C22H29N5O2. The molecule has 0 saturated carbocycles. The molecule has 0 radical (unpaired) electrons. The third kappa shape index (κ3) is 4.86. The highest BCUT2D eigenvalue weighted by Crippen LogP contribution is 2.20. The fraction of sp³-hybridized carbons (Fsp3) is 0.455. The van der Waals surface area contributed by atoms with Crippen molar-refractivity contribution < 1.29 is 9.53 Å². The van der Waals surface area contributed by atoms with E-state index in [2.05, 4.69) is 37.1 Å². The highest BCUT2D eigenvalue weighted by atomic mass is 16.5. The lowest BCUT2D eigenvalue weighted by Gasteiger charge is -2.37. The second-order valence-electron chi connectivity index (χ2n) is 7.52. The number of carbonyl (C=O) groups is 1. The summed E-state index contributed by atoms with van der Waals surface area (Å²) >= 11 is 0. The summed E-state index contributed by atoms with van der Waals surface area (Å²) in [5, 5.41) is 3.06. The fourth-order valence-corrected chi connectivity index (χ4v) is 3.87. The number of anilines is 3. The van der Waals surface area contributed by atoms with Gasteiger partial charge in [-0.2, -0.15) is 0 Å². The van der Waals surface area contributed by atoms with Crippen LogP contribution in [-0.4, -0.2) is 74.3 Å². The molecule has 1 amide bonds. The van der Waals surface area contributed by atoms with Gasteiger partial charge in [-0.25, -0.2) is 4.98 Å². The lowest BCUT2D eigenvalue weighted by Crippen LogP contribution is -2.53. The lowest BCUT2D eigenvalue weighted by molar-refractivity contribution is -0.120. The largest absolute Gasteiger partial charge is 0.378 e. The Morgan fingerprint density at radius 3 is 2.34 bits per heavy atom. The van der Waals surface area contributed by atoms with E-state index >= 15 is 0 Å². The molecule has 0 aliphatic carbocycles. The standard InChI is InChI=1S/C22H29N5O2/c1-18(25-10-12-27(13-11-25)21-4-2-3-9-23-21)22(28)24-19-5-7-20(8-6-19)26-14-16-29-17-15-26/h2-9,18H,10-17H2,1H3,(H,24,28)/t18-/m0/s1. The van der Waals surface area contributed by atoms with E-state index in [0.29, 0.717) is 0 Å². The predicted octanol–water partition coefficient (Wildman–Crippen LogP) is 2.07. The van der Waals surface area contributed by atoms with Gasteiger partial charge in [-0.05, 0) is 43.3 Å². The van der Waals surface area contributed by atoms with Crippen LogP contribution < -0.4 is 15.1 Å². The maximum Gasteiger partial charge on any atom is 0.241 e. The Bertz CT molecular complexity index is 785. The number of carbonyl (C=O) groups excluding carboxylic acids is 1. The van der Waals surface area contributed by atoms with E-state index in [1.165, 1.54) is 5.69 Å². The van der Waals surface area contributed by atoms with Crippen LogP contribution in [0.5, 0.6) is 0 Å². The minimum atomic E-state index is -0.167. The molecule has 3 heterocycles. The van der Waals surface area contributed by atoms with Crippen LogP contribution in [0.15, 0.2) is 48.7 Å². The number of morpholine rings is 1. The molecule has 7 heteroatoms. The Balaban J connectivity index is 1.28. The van der Waals surface area contributed by atoms with Crippen molar-refractivity contribution in [2.24, 2.45) is 0 Å². The molecule has 154 valence electrons. The minimum Gasteiger partial charge on any atom is -0.378 e. The van der Waals surface area contributed by atoms with Gasteiger partial charge in [0.2, 0.25) is 5.91 Å². The Labute approximate surface area is 172 Å². The van der Waals surface area contributed by atoms with Crippen LogP contribution in [0, 0.1) is 0 Å². The summed E-state index contributed by atoms with van der Waals surface area (Å²) in [6.45, 7) is 8.79. The van der Waals surface area contributed by atoms with E-state index in [1.54, 1.807) is 0 Å². The Morgan fingerprint density at radius 1 is 0.966 bits per heavy atom. The van der Waals surface area contributed by atoms with Crippen LogP contribution in [-0.2, 0) is 9.53 Å². The van der Waals surface area contributed by atoms with Crippen molar-refractivity contribution in [3.05, 3.63) is 48.7 Å². The lowest BCUT2D eigenvalue weighted by atomic mass is 10.2. The minimum absolute atomic E-state index is 0.0374. The summed E-state index contributed by atoms with van der Waals surface area (Å²) in [6.07, 6.45) is 1.82. The maximum absolute atomic E-state index is 12.7. The molecule has 1 atom stereocenters. The van der Waals surface area contributed by atoms with Crippen LogP contribution in [0.25, 0.3) is 0 Å². The van der Waals surface area contributed by atoms with Gasteiger partial charge < -0.3 is 19.9 Å². The second kappa shape index (κ2) is 9.24. The van der Waals surface area contributed by atoms with Crippen molar-refractivity contribution in [3.8, 4) is 0 Å². The van der Waals surface area contributed by atoms with Crippen LogP contribution in [0.4, 0.5) is 17.2 Å². The van der Waals surface area contributed by atoms with Gasteiger partial charge in [0.15, 0.2) is 0 Å². The topological polar surface area (TPSA) is 60.9 Å². The van der Waals surface area contributed by atoms with E-state index in [0.717, 1.165) is 64.0 Å². The average molecular weight is 396 g/mol. The highest BCUT2D eigenvalue weighted by Gasteiger charge is 2.26. The SMILES string of the molecule is C[C@@H](C(=O)Nc1ccc(N2CCOCC2)cc1)N1CCN(c2ccccn2)CC1. The van der Waals surface area contributed by atoms with Gasteiger partial charge in [-0.3, -0.25) is 9.69 Å². The molecule has 0 bridgehead atoms. The first-order valence-corrected chi connectivity index (χ1v) is 10.3. The smallest absolute Gasteiger partial charge is 0.241 e. The average Bonchev–Trinajstić information content (AvgIpc) is 2.80. The van der Waals surface area contributed by atoms with Crippen molar-refractivity contribution in [2.45, 2.75) is 13.0 Å². The number of piperazine rings is 1. The number of hydrogen-bond donors (Lipinski definition) is 1. The quantitative estimate of drug-likeness (QED) is 0.836. The molecule has 0 unspecified atom stereocenters. The number of rotatable bonds is 5. The molecule has 7 nitrogen and oxygen atoms in total. The molecule has 0 spiro atoms. The summed E-state index contributed by atoms with van der Waals surface area (Å²) in [4.78, 5) is 24.0. The maximum atomic E-state index is 12.7. The third-order valence-electron chi connectivity index (χ3n) is 5.73. The van der Waals surface area contributed by atoms with E-state index in [1.807, 2.05) is 43.5 Å². The summed E-state index contributed by atoms with van der Waals surface area (Å²) in [5.41, 5.74) is 2.01. The summed E-state index contributed by atoms with van der Waals surface area (Å²) in [6, 6.07) is 13.9. The van der Waals surface area contributed by atoms with E-state index in [9.17, 15) is 4.79 Å². The first-order valence-electron chi connectivity index (χ1n) is 10.3. The van der Waals surface area contributed by atoms with E-state index < -0.39 is 0 Å². The van der Waals surface area contributed by atoms with Crippen molar-refractivity contribution in [3.63, 3.8) is 0 Å². The number of amides is 1. The molecule has 2 fully saturated rings. The molecule has 29 heavy (non-hydrogen) atoms. The van der Waals surface area contributed by atoms with Crippen molar-refractivity contribution >= 4 is 23.1 Å². The zero-order valence-corrected chi connectivity index (χ0v) is 17.0. The second-order valence-corrected chi connectivity index (χ2v) is 7.52. The summed E-state index contributed by atoms with van der Waals surface area (Å²) in [7, 11) is 0. The Morgan fingerprint density at radius 2 is 1.69 bits per heavy atom. The van der Waals surface area contributed by atoms with Crippen LogP contribution in [0.2, 0.25) is 0 Å². The van der Waals surface area contributed by atoms with E-state index in [4.69, 9.17) is 4.74 Å². The number of pyridine rings is 1. The number of nitrogens with one attached hydrogen (secondary N) is 1. The monoisotopic (exact) mass is 395 g/mol. The molecular weight excluding hydrogens is 366 g/mol. The molecule has 2 aliphatic rings. The predicted molar refractivity (Wildman–Crippen MR) is 116 cm³/mol. The molecule has 2 aliphatic heterocycles. The Kier molecular flexibility index (Phi) is 6.27. The van der Waals surface area contributed by atoms with Crippen LogP contribution >= 0.6 is 0 Å². The van der Waals surface area contributed by atoms with Gasteiger partial charge in [0.1, 0.15) is 5.82 Å². The number of nitrogens with zero attached hydrogens (tertiary/aromatic N) is 4. The number of hydrogen-bond acceptors (Lipinski definition) is 6. The molecule has 2 saturated heterocycles. The molecule has 1 N–H and O–H groups in total. The van der Waals surface area contributed by atoms with Gasteiger partial charge in [-0.1, -0.05) is 6.07 Å². The zero-order chi connectivity index (χ0) is 20.1.